The molecule has 0 radical (unpaired) electrons. The Morgan fingerprint density at radius 2 is 1.89 bits per heavy atom. The van der Waals surface area contributed by atoms with Crippen LogP contribution in [0.25, 0.3) is 0 Å². The molecule has 0 aliphatic carbocycles. The van der Waals surface area contributed by atoms with Gasteiger partial charge >= 0.3 is 0 Å². The summed E-state index contributed by atoms with van der Waals surface area (Å²) < 4.78 is 5.13. The molecule has 1 rings (SSSR count). The van der Waals surface area contributed by atoms with Gasteiger partial charge in [-0.3, -0.25) is 0 Å². The molecule has 1 unspecified atom stereocenters. The zero-order valence-electron chi connectivity index (χ0n) is 11.9. The van der Waals surface area contributed by atoms with Crippen LogP contribution in [0.15, 0.2) is 6.33 Å². The van der Waals surface area contributed by atoms with E-state index in [1.807, 2.05) is 0 Å². The summed E-state index contributed by atoms with van der Waals surface area (Å²) in [6.07, 6.45) is 1.59. The van der Waals surface area contributed by atoms with Crippen molar-refractivity contribution in [3.05, 3.63) is 11.9 Å². The van der Waals surface area contributed by atoms with Crippen molar-refractivity contribution in [1.82, 2.24) is 9.97 Å². The average Bonchev–Trinajstić information content (AvgIpc) is 2.29. The van der Waals surface area contributed by atoms with Gasteiger partial charge in [0.15, 0.2) is 0 Å². The van der Waals surface area contributed by atoms with Gasteiger partial charge in [0.25, 0.3) is 0 Å². The molecule has 0 aliphatic heterocycles. The first kappa shape index (κ1) is 14.7. The van der Waals surface area contributed by atoms with Gasteiger partial charge in [-0.1, -0.05) is 13.8 Å². The highest BCUT2D eigenvalue weighted by molar-refractivity contribution is 5.59. The van der Waals surface area contributed by atoms with Crippen molar-refractivity contribution >= 4 is 11.6 Å². The van der Waals surface area contributed by atoms with E-state index in [9.17, 15) is 0 Å². The Bertz CT molecular complexity index is 368. The summed E-state index contributed by atoms with van der Waals surface area (Å²) >= 11 is 0. The number of aromatic nitrogens is 2. The molecule has 0 aromatic carbocycles. The van der Waals surface area contributed by atoms with Crippen molar-refractivity contribution in [2.45, 2.75) is 39.7 Å². The number of rotatable bonds is 7. The molecule has 1 heterocycles. The Balaban J connectivity index is 2.98. The fourth-order valence-corrected chi connectivity index (χ4v) is 1.89. The highest BCUT2D eigenvalue weighted by Gasteiger charge is 2.15. The molecule has 0 fully saturated rings. The van der Waals surface area contributed by atoms with Crippen molar-refractivity contribution in [2.24, 2.45) is 0 Å². The lowest BCUT2D eigenvalue weighted by molar-refractivity contribution is 0.190. The predicted molar refractivity (Wildman–Crippen MR) is 75.2 cm³/mol. The largest absolute Gasteiger partial charge is 0.383 e. The van der Waals surface area contributed by atoms with Crippen molar-refractivity contribution in [3.8, 4) is 0 Å². The van der Waals surface area contributed by atoms with Crippen LogP contribution < -0.4 is 10.6 Å². The topological polar surface area (TPSA) is 59.1 Å². The lowest BCUT2D eigenvalue weighted by atomic mass is 10.0. The van der Waals surface area contributed by atoms with Crippen LogP contribution in [0.5, 0.6) is 0 Å². The second kappa shape index (κ2) is 7.16. The molecule has 1 atom stereocenters. The van der Waals surface area contributed by atoms with Gasteiger partial charge in [0.2, 0.25) is 0 Å². The van der Waals surface area contributed by atoms with Gasteiger partial charge in [-0.15, -0.1) is 0 Å². The minimum atomic E-state index is 0.219. The van der Waals surface area contributed by atoms with Crippen molar-refractivity contribution in [3.63, 3.8) is 0 Å². The van der Waals surface area contributed by atoms with Gasteiger partial charge in [0, 0.05) is 25.3 Å². The van der Waals surface area contributed by atoms with E-state index in [0.717, 1.165) is 23.7 Å². The predicted octanol–water partition coefficient (Wildman–Crippen LogP) is 2.48. The third-order valence-corrected chi connectivity index (χ3v) is 2.61. The van der Waals surface area contributed by atoms with E-state index in [2.05, 4.69) is 48.3 Å². The Morgan fingerprint density at radius 3 is 2.44 bits per heavy atom. The second-order valence-corrected chi connectivity index (χ2v) is 4.67. The van der Waals surface area contributed by atoms with Crippen molar-refractivity contribution in [2.75, 3.05) is 30.9 Å². The minimum Gasteiger partial charge on any atom is -0.383 e. The maximum Gasteiger partial charge on any atom is 0.135 e. The first-order chi connectivity index (χ1) is 8.60. The van der Waals surface area contributed by atoms with E-state index in [1.54, 1.807) is 13.4 Å². The molecule has 2 N–H and O–H groups in total. The maximum absolute atomic E-state index is 5.13. The van der Waals surface area contributed by atoms with Gasteiger partial charge in [-0.2, -0.15) is 0 Å². The van der Waals surface area contributed by atoms with Crippen LogP contribution in [0.1, 0.15) is 39.2 Å². The zero-order valence-corrected chi connectivity index (χ0v) is 11.9. The fourth-order valence-electron chi connectivity index (χ4n) is 1.89. The minimum absolute atomic E-state index is 0.219. The van der Waals surface area contributed by atoms with Crippen LogP contribution in [-0.4, -0.2) is 36.3 Å². The number of hydrogen-bond acceptors (Lipinski definition) is 5. The normalized spacial score (nSPS) is 12.6. The second-order valence-electron chi connectivity index (χ2n) is 4.67. The quantitative estimate of drug-likeness (QED) is 0.780. The van der Waals surface area contributed by atoms with Crippen LogP contribution in [0.2, 0.25) is 0 Å². The molecule has 0 amide bonds. The molecule has 0 saturated carbocycles. The van der Waals surface area contributed by atoms with Gasteiger partial charge in [0.05, 0.1) is 6.61 Å². The molecule has 18 heavy (non-hydrogen) atoms. The van der Waals surface area contributed by atoms with Crippen LogP contribution in [0.3, 0.4) is 0 Å². The van der Waals surface area contributed by atoms with Crippen molar-refractivity contribution < 1.29 is 4.74 Å². The summed E-state index contributed by atoms with van der Waals surface area (Å²) in [5, 5.41) is 6.66. The van der Waals surface area contributed by atoms with Gasteiger partial charge in [-0.05, 0) is 19.8 Å². The molecule has 1 aromatic heterocycles. The Kier molecular flexibility index (Phi) is 5.85. The first-order valence-electron chi connectivity index (χ1n) is 6.44. The van der Waals surface area contributed by atoms with Crippen LogP contribution >= 0.6 is 0 Å². The monoisotopic (exact) mass is 252 g/mol. The number of ether oxygens (including phenoxy) is 1. The van der Waals surface area contributed by atoms with Crippen molar-refractivity contribution in [1.29, 1.82) is 0 Å². The fraction of sp³-hybridized carbons (Fsp3) is 0.692. The van der Waals surface area contributed by atoms with E-state index in [-0.39, 0.29) is 6.04 Å². The molecule has 5 nitrogen and oxygen atoms in total. The van der Waals surface area contributed by atoms with E-state index >= 15 is 0 Å². The third-order valence-electron chi connectivity index (χ3n) is 2.61. The smallest absolute Gasteiger partial charge is 0.135 e. The molecule has 102 valence electrons. The van der Waals surface area contributed by atoms with Crippen LogP contribution in [-0.2, 0) is 4.74 Å². The van der Waals surface area contributed by atoms with Gasteiger partial charge < -0.3 is 15.4 Å². The summed E-state index contributed by atoms with van der Waals surface area (Å²) in [4.78, 5) is 8.66. The first-order valence-corrected chi connectivity index (χ1v) is 6.44. The van der Waals surface area contributed by atoms with Crippen LogP contribution in [0, 0.1) is 0 Å². The summed E-state index contributed by atoms with van der Waals surface area (Å²) in [6.45, 7) is 9.93. The number of methoxy groups -OCH3 is 1. The SMILES string of the molecule is CCNc1ncnc(NC(C)COC)c1C(C)C. The molecule has 0 aliphatic rings. The van der Waals surface area contributed by atoms with E-state index in [0.29, 0.717) is 12.5 Å². The molecule has 5 heteroatoms. The third kappa shape index (κ3) is 3.84. The maximum atomic E-state index is 5.13. The molecule has 0 spiro atoms. The van der Waals surface area contributed by atoms with E-state index < -0.39 is 0 Å². The number of hydrogen-bond donors (Lipinski definition) is 2. The summed E-state index contributed by atoms with van der Waals surface area (Å²) in [5.41, 5.74) is 1.13. The average molecular weight is 252 g/mol. The molecule has 0 saturated heterocycles. The van der Waals surface area contributed by atoms with Crippen LogP contribution in [0.4, 0.5) is 11.6 Å². The highest BCUT2D eigenvalue weighted by atomic mass is 16.5. The van der Waals surface area contributed by atoms with Gasteiger partial charge in [0.1, 0.15) is 18.0 Å². The summed E-state index contributed by atoms with van der Waals surface area (Å²) in [6, 6.07) is 0.219. The Morgan fingerprint density at radius 1 is 1.22 bits per heavy atom. The molecular formula is C13H24N4O. The standard InChI is InChI=1S/C13H24N4O/c1-6-14-12-11(9(2)3)13(16-8-15-12)17-10(4)7-18-5/h8-10H,6-7H2,1-5H3,(H2,14,15,16,17). The van der Waals surface area contributed by atoms with E-state index in [1.165, 1.54) is 0 Å². The summed E-state index contributed by atoms with van der Waals surface area (Å²) in [5.74, 6) is 2.16. The lowest BCUT2D eigenvalue weighted by Gasteiger charge is -2.20. The Hall–Kier alpha value is -1.36. The number of anilines is 2. The lowest BCUT2D eigenvalue weighted by Crippen LogP contribution is -2.23. The number of nitrogens with zero attached hydrogens (tertiary/aromatic N) is 2. The van der Waals surface area contributed by atoms with E-state index in [4.69, 9.17) is 4.74 Å². The number of nitrogens with one attached hydrogen (secondary N) is 2. The molecule has 0 bridgehead atoms. The Labute approximate surface area is 109 Å². The zero-order chi connectivity index (χ0) is 13.5. The molecular weight excluding hydrogens is 228 g/mol. The highest BCUT2D eigenvalue weighted by Crippen LogP contribution is 2.28. The van der Waals surface area contributed by atoms with Gasteiger partial charge in [-0.25, -0.2) is 9.97 Å². The molecule has 1 aromatic rings. The summed E-state index contributed by atoms with van der Waals surface area (Å²) in [7, 11) is 1.70.